The van der Waals surface area contributed by atoms with Gasteiger partial charge in [0.25, 0.3) is 5.56 Å². The van der Waals surface area contributed by atoms with E-state index in [1.165, 1.54) is 19.4 Å². The van der Waals surface area contributed by atoms with Crippen molar-refractivity contribution in [1.82, 2.24) is 15.3 Å². The average molecular weight is 205 g/mol. The topological polar surface area (TPSA) is 74.8 Å². The van der Waals surface area contributed by atoms with Crippen molar-refractivity contribution in [3.05, 3.63) is 28.4 Å². The Morgan fingerprint density at radius 3 is 3.13 bits per heavy atom. The zero-order chi connectivity index (χ0) is 11.1. The average Bonchev–Trinajstić information content (AvgIpc) is 2.20. The summed E-state index contributed by atoms with van der Waals surface area (Å²) in [5.74, 6) is 5.37. The first kappa shape index (κ1) is 11.0. The van der Waals surface area contributed by atoms with Gasteiger partial charge in [-0.15, -0.1) is 0 Å². The minimum Gasteiger partial charge on any atom is -0.355 e. The second kappa shape index (κ2) is 5.60. The summed E-state index contributed by atoms with van der Waals surface area (Å²) >= 11 is 0. The van der Waals surface area contributed by atoms with Crippen LogP contribution in [0.2, 0.25) is 0 Å². The summed E-state index contributed by atoms with van der Waals surface area (Å²) in [7, 11) is 0. The number of hydrogen-bond acceptors (Lipinski definition) is 3. The number of hydrogen-bond donors (Lipinski definition) is 2. The summed E-state index contributed by atoms with van der Waals surface area (Å²) in [5, 5.41) is 2.60. The smallest absolute Gasteiger partial charge is 0.266 e. The van der Waals surface area contributed by atoms with Crippen molar-refractivity contribution in [3.63, 3.8) is 0 Å². The monoisotopic (exact) mass is 205 g/mol. The Balaban J connectivity index is 2.49. The van der Waals surface area contributed by atoms with Crippen LogP contribution in [-0.4, -0.2) is 22.4 Å². The lowest BCUT2D eigenvalue weighted by atomic mass is 10.3. The van der Waals surface area contributed by atoms with E-state index < -0.39 is 0 Å². The molecule has 1 aromatic rings. The molecule has 0 bridgehead atoms. The van der Waals surface area contributed by atoms with Crippen molar-refractivity contribution < 1.29 is 4.79 Å². The third-order valence-corrected chi connectivity index (χ3v) is 1.57. The largest absolute Gasteiger partial charge is 0.355 e. The van der Waals surface area contributed by atoms with Crippen molar-refractivity contribution in [1.29, 1.82) is 0 Å². The molecular weight excluding hydrogens is 194 g/mol. The van der Waals surface area contributed by atoms with Crippen LogP contribution < -0.4 is 10.9 Å². The van der Waals surface area contributed by atoms with Gasteiger partial charge in [-0.3, -0.25) is 9.59 Å². The first-order chi connectivity index (χ1) is 7.20. The van der Waals surface area contributed by atoms with Crippen LogP contribution in [0.3, 0.4) is 0 Å². The molecule has 1 amide bonds. The number of nitrogens with zero attached hydrogens (tertiary/aromatic N) is 1. The maximum atomic E-state index is 11.1. The van der Waals surface area contributed by atoms with Crippen LogP contribution in [0.4, 0.5) is 0 Å². The molecule has 15 heavy (non-hydrogen) atoms. The standard InChI is InChI=1S/C10H11N3O2/c1-8(14)12-5-3-2-4-9-6-11-7-13-10(9)15/h6-7H,3,5H2,1H3,(H,12,14)(H,11,13,15). The summed E-state index contributed by atoms with van der Waals surface area (Å²) in [5.41, 5.74) is 0.0809. The van der Waals surface area contributed by atoms with E-state index in [-0.39, 0.29) is 11.5 Å². The van der Waals surface area contributed by atoms with Gasteiger partial charge in [-0.05, 0) is 0 Å². The van der Waals surface area contributed by atoms with Crippen molar-refractivity contribution >= 4 is 5.91 Å². The van der Waals surface area contributed by atoms with Gasteiger partial charge in [-0.1, -0.05) is 11.8 Å². The molecule has 0 saturated carbocycles. The van der Waals surface area contributed by atoms with Crippen LogP contribution >= 0.6 is 0 Å². The van der Waals surface area contributed by atoms with Gasteiger partial charge < -0.3 is 10.3 Å². The van der Waals surface area contributed by atoms with E-state index in [1.54, 1.807) is 0 Å². The maximum absolute atomic E-state index is 11.1. The summed E-state index contributed by atoms with van der Waals surface area (Å²) in [6.07, 6.45) is 3.23. The fraction of sp³-hybridized carbons (Fsp3) is 0.300. The fourth-order valence-corrected chi connectivity index (χ4v) is 0.892. The molecule has 5 nitrogen and oxygen atoms in total. The number of H-pyrrole nitrogens is 1. The molecule has 0 aromatic carbocycles. The molecule has 0 unspecified atom stereocenters. The van der Waals surface area contributed by atoms with Gasteiger partial charge >= 0.3 is 0 Å². The minimum atomic E-state index is -0.253. The molecule has 0 saturated heterocycles. The van der Waals surface area contributed by atoms with Crippen molar-refractivity contribution in [2.24, 2.45) is 0 Å². The van der Waals surface area contributed by atoms with Crippen molar-refractivity contribution in [3.8, 4) is 11.8 Å². The first-order valence-electron chi connectivity index (χ1n) is 4.46. The Labute approximate surface area is 86.9 Å². The summed E-state index contributed by atoms with van der Waals surface area (Å²) in [4.78, 5) is 27.8. The summed E-state index contributed by atoms with van der Waals surface area (Å²) in [6.45, 7) is 1.93. The van der Waals surface area contributed by atoms with E-state index in [9.17, 15) is 9.59 Å². The SMILES string of the molecule is CC(=O)NCCC#Cc1cnc[nH]c1=O. The lowest BCUT2D eigenvalue weighted by Crippen LogP contribution is -2.20. The number of aromatic nitrogens is 2. The molecule has 1 rings (SSSR count). The van der Waals surface area contributed by atoms with Gasteiger partial charge in [0.1, 0.15) is 5.56 Å². The Bertz CT molecular complexity index is 453. The molecule has 0 fully saturated rings. The predicted molar refractivity (Wildman–Crippen MR) is 55.0 cm³/mol. The van der Waals surface area contributed by atoms with Crippen LogP contribution in [0.5, 0.6) is 0 Å². The molecular formula is C10H11N3O2. The highest BCUT2D eigenvalue weighted by Crippen LogP contribution is 1.82. The molecule has 2 N–H and O–H groups in total. The Hall–Kier alpha value is -2.09. The Morgan fingerprint density at radius 2 is 2.47 bits per heavy atom. The van der Waals surface area contributed by atoms with E-state index in [0.717, 1.165) is 0 Å². The van der Waals surface area contributed by atoms with Crippen LogP contribution in [0.25, 0.3) is 0 Å². The van der Waals surface area contributed by atoms with E-state index in [2.05, 4.69) is 27.1 Å². The molecule has 0 atom stereocenters. The second-order valence-corrected chi connectivity index (χ2v) is 2.83. The number of nitrogens with one attached hydrogen (secondary N) is 2. The van der Waals surface area contributed by atoms with E-state index >= 15 is 0 Å². The first-order valence-corrected chi connectivity index (χ1v) is 4.46. The zero-order valence-corrected chi connectivity index (χ0v) is 8.33. The highest BCUT2D eigenvalue weighted by atomic mass is 16.1. The number of carbonyl (C=O) groups excluding carboxylic acids is 1. The third kappa shape index (κ3) is 4.09. The van der Waals surface area contributed by atoms with Gasteiger partial charge in [0.2, 0.25) is 5.91 Å². The van der Waals surface area contributed by atoms with Gasteiger partial charge in [0, 0.05) is 26.1 Å². The molecule has 1 aromatic heterocycles. The normalized spacial score (nSPS) is 8.87. The van der Waals surface area contributed by atoms with Crippen LogP contribution in [0.1, 0.15) is 18.9 Å². The molecule has 0 spiro atoms. The molecule has 78 valence electrons. The van der Waals surface area contributed by atoms with Crippen LogP contribution in [0.15, 0.2) is 17.3 Å². The van der Waals surface area contributed by atoms with Gasteiger partial charge in [0.15, 0.2) is 0 Å². The molecule has 0 aliphatic heterocycles. The van der Waals surface area contributed by atoms with Gasteiger partial charge in [-0.2, -0.15) is 0 Å². The Kier molecular flexibility index (Phi) is 4.10. The van der Waals surface area contributed by atoms with E-state index in [4.69, 9.17) is 0 Å². The Morgan fingerprint density at radius 1 is 1.67 bits per heavy atom. The number of amides is 1. The zero-order valence-electron chi connectivity index (χ0n) is 8.33. The number of rotatable bonds is 2. The highest BCUT2D eigenvalue weighted by Gasteiger charge is 1.92. The van der Waals surface area contributed by atoms with Gasteiger partial charge in [-0.25, -0.2) is 4.98 Å². The lowest BCUT2D eigenvalue weighted by molar-refractivity contribution is -0.118. The van der Waals surface area contributed by atoms with Crippen LogP contribution in [0, 0.1) is 11.8 Å². The third-order valence-electron chi connectivity index (χ3n) is 1.57. The number of aromatic amines is 1. The summed E-state index contributed by atoms with van der Waals surface area (Å²) < 4.78 is 0. The van der Waals surface area contributed by atoms with E-state index in [0.29, 0.717) is 18.5 Å². The summed E-state index contributed by atoms with van der Waals surface area (Å²) in [6, 6.07) is 0. The number of carbonyl (C=O) groups is 1. The second-order valence-electron chi connectivity index (χ2n) is 2.83. The molecule has 1 heterocycles. The van der Waals surface area contributed by atoms with Crippen LogP contribution in [-0.2, 0) is 4.79 Å². The predicted octanol–water partition coefficient (Wildman–Crippen LogP) is -0.352. The highest BCUT2D eigenvalue weighted by molar-refractivity contribution is 5.72. The quantitative estimate of drug-likeness (QED) is 0.511. The van der Waals surface area contributed by atoms with Gasteiger partial charge in [0.05, 0.1) is 6.33 Å². The minimum absolute atomic E-state index is 0.0870. The van der Waals surface area contributed by atoms with E-state index in [1.807, 2.05) is 0 Å². The fourth-order valence-electron chi connectivity index (χ4n) is 0.892. The molecule has 5 heteroatoms. The lowest BCUT2D eigenvalue weighted by Gasteiger charge is -1.94. The molecule has 0 aliphatic rings. The van der Waals surface area contributed by atoms with Crippen molar-refractivity contribution in [2.45, 2.75) is 13.3 Å². The van der Waals surface area contributed by atoms with Crippen molar-refractivity contribution in [2.75, 3.05) is 6.54 Å². The molecule has 0 radical (unpaired) electrons. The maximum Gasteiger partial charge on any atom is 0.266 e. The molecule has 0 aliphatic carbocycles.